The molecule has 1 aromatic rings. The van der Waals surface area contributed by atoms with Crippen molar-refractivity contribution in [3.8, 4) is 0 Å². The first-order valence-corrected chi connectivity index (χ1v) is 5.37. The molecule has 0 atom stereocenters. The van der Waals surface area contributed by atoms with Gasteiger partial charge < -0.3 is 10.1 Å². The third-order valence-corrected chi connectivity index (χ3v) is 1.99. The molecule has 0 aliphatic heterocycles. The minimum atomic E-state index is -0.903. The summed E-state index contributed by atoms with van der Waals surface area (Å²) in [6.45, 7) is 1.75. The molecule has 0 aromatic heterocycles. The number of ether oxygens (including phenoxy) is 1. The van der Waals surface area contributed by atoms with Gasteiger partial charge in [-0.05, 0) is 19.1 Å². The van der Waals surface area contributed by atoms with Crippen LogP contribution in [0.1, 0.15) is 6.92 Å². The van der Waals surface area contributed by atoms with Crippen molar-refractivity contribution in [3.63, 3.8) is 0 Å². The Balaban J connectivity index is 2.60. The van der Waals surface area contributed by atoms with Gasteiger partial charge in [-0.3, -0.25) is 0 Å². The van der Waals surface area contributed by atoms with Crippen LogP contribution >= 0.6 is 0 Å². The Morgan fingerprint density at radius 2 is 2.05 bits per heavy atom. The first-order chi connectivity index (χ1) is 8.93. The molecule has 2 N–H and O–H groups in total. The van der Waals surface area contributed by atoms with Crippen LogP contribution in [0.5, 0.6) is 0 Å². The lowest BCUT2D eigenvalue weighted by molar-refractivity contribution is 0.103. The number of rotatable bonds is 2. The van der Waals surface area contributed by atoms with Crippen LogP contribution < -0.4 is 10.7 Å². The highest BCUT2D eigenvalue weighted by Gasteiger charge is 2.13. The van der Waals surface area contributed by atoms with Gasteiger partial charge in [-0.2, -0.15) is 0 Å². The molecule has 8 heteroatoms. The normalized spacial score (nSPS) is 9.68. The van der Waals surface area contributed by atoms with Crippen molar-refractivity contribution in [2.75, 3.05) is 19.0 Å². The third kappa shape index (κ3) is 4.41. The van der Waals surface area contributed by atoms with Crippen molar-refractivity contribution in [2.24, 2.45) is 0 Å². The number of anilines is 1. The largest absolute Gasteiger partial charge is 0.449 e. The van der Waals surface area contributed by atoms with E-state index in [-0.39, 0.29) is 12.3 Å². The number of urea groups is 1. The average molecular weight is 273 g/mol. The number of nitrogens with one attached hydrogen (secondary N) is 2. The molecule has 0 fully saturated rings. The van der Waals surface area contributed by atoms with E-state index in [1.54, 1.807) is 6.92 Å². The summed E-state index contributed by atoms with van der Waals surface area (Å²) >= 11 is 0. The van der Waals surface area contributed by atoms with Crippen molar-refractivity contribution in [1.82, 2.24) is 10.4 Å². The van der Waals surface area contributed by atoms with Gasteiger partial charge in [0.05, 0.1) is 12.3 Å². The molecule has 0 spiro atoms. The fourth-order valence-corrected chi connectivity index (χ4v) is 1.16. The molecule has 0 saturated carbocycles. The number of hydrazine groups is 1. The number of hydrogen-bond acceptors (Lipinski definition) is 3. The lowest BCUT2D eigenvalue weighted by atomic mass is 10.3. The number of carbonyl (C=O) groups excluding carboxylic acids is 2. The van der Waals surface area contributed by atoms with E-state index in [0.717, 1.165) is 23.2 Å². The molecule has 6 nitrogen and oxygen atoms in total. The number of halogens is 2. The van der Waals surface area contributed by atoms with Crippen molar-refractivity contribution >= 4 is 17.8 Å². The highest BCUT2D eigenvalue weighted by Crippen LogP contribution is 2.14. The Kier molecular flexibility index (Phi) is 5.04. The fraction of sp³-hybridized carbons (Fsp3) is 0.273. The summed E-state index contributed by atoms with van der Waals surface area (Å²) in [5.74, 6) is -1.49. The first-order valence-electron chi connectivity index (χ1n) is 5.37. The van der Waals surface area contributed by atoms with Crippen LogP contribution in [0.25, 0.3) is 0 Å². The van der Waals surface area contributed by atoms with Gasteiger partial charge in [0, 0.05) is 13.1 Å². The minimum Gasteiger partial charge on any atom is -0.449 e. The van der Waals surface area contributed by atoms with Gasteiger partial charge in [0.1, 0.15) is 11.6 Å². The summed E-state index contributed by atoms with van der Waals surface area (Å²) in [6, 6.07) is 1.71. The second-order valence-corrected chi connectivity index (χ2v) is 3.45. The van der Waals surface area contributed by atoms with Crippen LogP contribution in [0.15, 0.2) is 18.2 Å². The van der Waals surface area contributed by atoms with Crippen LogP contribution in [-0.2, 0) is 4.74 Å². The van der Waals surface area contributed by atoms with Crippen molar-refractivity contribution in [2.45, 2.75) is 6.92 Å². The number of nitrogens with zero attached hydrogens (tertiary/aromatic N) is 1. The lowest BCUT2D eigenvalue weighted by Crippen LogP contribution is -2.45. The van der Waals surface area contributed by atoms with Crippen LogP contribution in [0.4, 0.5) is 24.1 Å². The SMILES string of the molecule is CCOC(=O)N(C)NC(=O)Nc1cc(F)ccc1F. The second-order valence-electron chi connectivity index (χ2n) is 3.45. The molecule has 104 valence electrons. The van der Waals surface area contributed by atoms with Crippen LogP contribution in [0.2, 0.25) is 0 Å². The number of carbonyl (C=O) groups is 2. The zero-order valence-corrected chi connectivity index (χ0v) is 10.4. The van der Waals surface area contributed by atoms with Gasteiger partial charge in [-0.15, -0.1) is 0 Å². The molecule has 0 unspecified atom stereocenters. The lowest BCUT2D eigenvalue weighted by Gasteiger charge is -2.17. The average Bonchev–Trinajstić information content (AvgIpc) is 2.34. The number of amides is 3. The van der Waals surface area contributed by atoms with Crippen LogP contribution in [0.3, 0.4) is 0 Å². The first kappa shape index (κ1) is 14.7. The highest BCUT2D eigenvalue weighted by atomic mass is 19.1. The quantitative estimate of drug-likeness (QED) is 0.810. The maximum Gasteiger partial charge on any atom is 0.428 e. The molecule has 0 bridgehead atoms. The molecular formula is C11H13F2N3O3. The van der Waals surface area contributed by atoms with Crippen LogP contribution in [-0.4, -0.2) is 30.8 Å². The maximum atomic E-state index is 13.2. The van der Waals surface area contributed by atoms with E-state index in [0.29, 0.717) is 0 Å². The van der Waals surface area contributed by atoms with E-state index < -0.39 is 23.8 Å². The molecular weight excluding hydrogens is 260 g/mol. The summed E-state index contributed by atoms with van der Waals surface area (Å²) in [5, 5.41) is 2.84. The standard InChI is InChI=1S/C11H13F2N3O3/c1-3-19-11(18)16(2)15-10(17)14-9-6-7(12)4-5-8(9)13/h4-6H,3H2,1-2H3,(H2,14,15,17). The smallest absolute Gasteiger partial charge is 0.428 e. The van der Waals surface area contributed by atoms with E-state index in [9.17, 15) is 18.4 Å². The molecule has 19 heavy (non-hydrogen) atoms. The Bertz CT molecular complexity index is 482. The fourth-order valence-electron chi connectivity index (χ4n) is 1.16. The zero-order valence-electron chi connectivity index (χ0n) is 10.4. The molecule has 3 amide bonds. The van der Waals surface area contributed by atoms with Gasteiger partial charge in [0.25, 0.3) is 0 Å². The summed E-state index contributed by atoms with van der Waals surface area (Å²) in [7, 11) is 1.25. The second kappa shape index (κ2) is 6.53. The number of benzene rings is 1. The zero-order chi connectivity index (χ0) is 14.4. The third-order valence-electron chi connectivity index (χ3n) is 1.99. The summed E-state index contributed by atoms with van der Waals surface area (Å²) < 4.78 is 30.7. The molecule has 1 aromatic carbocycles. The molecule has 0 radical (unpaired) electrons. The predicted molar refractivity (Wildman–Crippen MR) is 63.3 cm³/mol. The van der Waals surface area contributed by atoms with Crippen LogP contribution in [0, 0.1) is 11.6 Å². The Labute approximate surface area is 108 Å². The minimum absolute atomic E-state index is 0.144. The van der Waals surface area contributed by atoms with E-state index >= 15 is 0 Å². The molecule has 1 rings (SSSR count). The summed E-state index contributed by atoms with van der Waals surface area (Å²) in [6.07, 6.45) is -0.780. The van der Waals surface area contributed by atoms with Crippen molar-refractivity contribution < 1.29 is 23.1 Å². The van der Waals surface area contributed by atoms with Gasteiger partial charge in [-0.1, -0.05) is 0 Å². The van der Waals surface area contributed by atoms with E-state index in [2.05, 4.69) is 15.5 Å². The summed E-state index contributed by atoms with van der Waals surface area (Å²) in [4.78, 5) is 22.6. The highest BCUT2D eigenvalue weighted by molar-refractivity contribution is 5.90. The van der Waals surface area contributed by atoms with Crippen molar-refractivity contribution in [3.05, 3.63) is 29.8 Å². The van der Waals surface area contributed by atoms with E-state index in [1.807, 2.05) is 0 Å². The van der Waals surface area contributed by atoms with Crippen molar-refractivity contribution in [1.29, 1.82) is 0 Å². The van der Waals surface area contributed by atoms with E-state index in [1.165, 1.54) is 7.05 Å². The predicted octanol–water partition coefficient (Wildman–Crippen LogP) is 2.09. The molecule has 0 aliphatic rings. The van der Waals surface area contributed by atoms with Gasteiger partial charge in [0.15, 0.2) is 0 Å². The molecule has 0 aliphatic carbocycles. The van der Waals surface area contributed by atoms with E-state index in [4.69, 9.17) is 0 Å². The number of hydrogen-bond donors (Lipinski definition) is 2. The Morgan fingerprint density at radius 1 is 1.37 bits per heavy atom. The summed E-state index contributed by atoms with van der Waals surface area (Å²) in [5.41, 5.74) is 1.74. The topological polar surface area (TPSA) is 70.7 Å². The van der Waals surface area contributed by atoms with Gasteiger partial charge in [-0.25, -0.2) is 28.8 Å². The van der Waals surface area contributed by atoms with Gasteiger partial charge >= 0.3 is 12.1 Å². The Hall–Kier alpha value is -2.38. The molecule has 0 saturated heterocycles. The monoisotopic (exact) mass is 273 g/mol. The Morgan fingerprint density at radius 3 is 2.68 bits per heavy atom. The van der Waals surface area contributed by atoms with Gasteiger partial charge in [0.2, 0.25) is 0 Å². The maximum absolute atomic E-state index is 13.2. The molecule has 0 heterocycles.